The lowest BCUT2D eigenvalue weighted by atomic mass is 10.1. The molecule has 0 aliphatic heterocycles. The van der Waals surface area contributed by atoms with E-state index in [1.54, 1.807) is 0 Å². The normalized spacial score (nSPS) is 19.3. The number of hydrogen-bond donors (Lipinski definition) is 2. The third-order valence-electron chi connectivity index (χ3n) is 3.43. The maximum Gasteiger partial charge on any atom is 0.222 e. The van der Waals surface area contributed by atoms with E-state index in [-0.39, 0.29) is 11.9 Å². The van der Waals surface area contributed by atoms with Crippen molar-refractivity contribution in [3.63, 3.8) is 0 Å². The topological polar surface area (TPSA) is 67.5 Å². The van der Waals surface area contributed by atoms with E-state index in [0.717, 1.165) is 25.1 Å². The zero-order valence-corrected chi connectivity index (χ0v) is 11.0. The number of amidine groups is 1. The fraction of sp³-hybridized carbons (Fsp3) is 0.846. The summed E-state index contributed by atoms with van der Waals surface area (Å²) in [6.45, 7) is 4.58. The molecular formula is C13H25N3O. The maximum atomic E-state index is 11.5. The van der Waals surface area contributed by atoms with Crippen LogP contribution in [0.3, 0.4) is 0 Å². The first-order valence-electron chi connectivity index (χ1n) is 6.72. The average Bonchev–Trinajstić information content (AvgIpc) is 2.82. The first-order chi connectivity index (χ1) is 8.13. The van der Waals surface area contributed by atoms with Crippen molar-refractivity contribution in [3.8, 4) is 0 Å². The molecule has 0 aromatic rings. The highest BCUT2D eigenvalue weighted by Gasteiger charge is 2.18. The largest absolute Gasteiger partial charge is 0.387 e. The van der Waals surface area contributed by atoms with E-state index >= 15 is 0 Å². The van der Waals surface area contributed by atoms with Crippen LogP contribution in [0.5, 0.6) is 0 Å². The summed E-state index contributed by atoms with van der Waals surface area (Å²) in [5.41, 5.74) is 5.91. The van der Waals surface area contributed by atoms with Gasteiger partial charge in [0.2, 0.25) is 5.91 Å². The van der Waals surface area contributed by atoms with Crippen LogP contribution in [0, 0.1) is 5.92 Å². The Labute approximate surface area is 104 Å². The molecule has 1 unspecified atom stereocenters. The highest BCUT2D eigenvalue weighted by Crippen LogP contribution is 2.24. The lowest BCUT2D eigenvalue weighted by molar-refractivity contribution is -0.121. The number of nitrogens with zero attached hydrogens (tertiary/aromatic N) is 1. The number of nitrogens with one attached hydrogen (secondary N) is 1. The van der Waals surface area contributed by atoms with Crippen LogP contribution in [0.1, 0.15) is 52.4 Å². The van der Waals surface area contributed by atoms with Crippen molar-refractivity contribution in [3.05, 3.63) is 0 Å². The fourth-order valence-corrected chi connectivity index (χ4v) is 2.09. The lowest BCUT2D eigenvalue weighted by Crippen LogP contribution is -2.32. The first kappa shape index (κ1) is 14.0. The lowest BCUT2D eigenvalue weighted by Gasteiger charge is -2.11. The monoisotopic (exact) mass is 239 g/mol. The predicted octanol–water partition coefficient (Wildman–Crippen LogP) is 1.84. The Morgan fingerprint density at radius 1 is 1.47 bits per heavy atom. The van der Waals surface area contributed by atoms with Gasteiger partial charge < -0.3 is 11.1 Å². The van der Waals surface area contributed by atoms with Gasteiger partial charge in [0, 0.05) is 24.9 Å². The van der Waals surface area contributed by atoms with Gasteiger partial charge in [-0.3, -0.25) is 9.79 Å². The van der Waals surface area contributed by atoms with Crippen LogP contribution in [-0.2, 0) is 4.79 Å². The van der Waals surface area contributed by atoms with E-state index in [9.17, 15) is 4.79 Å². The molecule has 4 nitrogen and oxygen atoms in total. The predicted molar refractivity (Wildman–Crippen MR) is 71.0 cm³/mol. The Hall–Kier alpha value is -1.06. The van der Waals surface area contributed by atoms with Crippen molar-refractivity contribution in [2.45, 2.75) is 58.4 Å². The molecule has 4 heteroatoms. The van der Waals surface area contributed by atoms with E-state index in [1.165, 1.54) is 12.8 Å². The van der Waals surface area contributed by atoms with Crippen LogP contribution < -0.4 is 11.1 Å². The average molecular weight is 239 g/mol. The third kappa shape index (κ3) is 5.20. The van der Waals surface area contributed by atoms with Gasteiger partial charge in [0.25, 0.3) is 0 Å². The Morgan fingerprint density at radius 3 is 2.71 bits per heavy atom. The van der Waals surface area contributed by atoms with Crippen molar-refractivity contribution < 1.29 is 4.79 Å². The van der Waals surface area contributed by atoms with Gasteiger partial charge in [0.1, 0.15) is 0 Å². The molecule has 0 aromatic heterocycles. The van der Waals surface area contributed by atoms with Crippen molar-refractivity contribution in [2.75, 3.05) is 6.54 Å². The second-order valence-corrected chi connectivity index (χ2v) is 4.91. The van der Waals surface area contributed by atoms with E-state index in [4.69, 9.17) is 5.73 Å². The van der Waals surface area contributed by atoms with E-state index in [0.29, 0.717) is 18.9 Å². The second kappa shape index (κ2) is 7.30. The first-order valence-corrected chi connectivity index (χ1v) is 6.72. The third-order valence-corrected chi connectivity index (χ3v) is 3.43. The van der Waals surface area contributed by atoms with Gasteiger partial charge in [-0.05, 0) is 26.2 Å². The standard InChI is InChI=1S/C13H25N3O/c1-3-10(2)16-12(17)8-9-15-13(14)11-6-4-5-7-11/h10-11H,3-9H2,1-2H3,(H2,14,15)(H,16,17). The maximum absolute atomic E-state index is 11.5. The van der Waals surface area contributed by atoms with Crippen molar-refractivity contribution in [1.29, 1.82) is 0 Å². The molecule has 1 rings (SSSR count). The van der Waals surface area contributed by atoms with Crippen LogP contribution >= 0.6 is 0 Å². The number of aliphatic imine (C=N–C) groups is 1. The van der Waals surface area contributed by atoms with Crippen molar-refractivity contribution in [1.82, 2.24) is 5.32 Å². The Kier molecular flexibility index (Phi) is 6.01. The van der Waals surface area contributed by atoms with E-state index in [1.807, 2.05) is 6.92 Å². The van der Waals surface area contributed by atoms with Crippen LogP contribution in [0.2, 0.25) is 0 Å². The zero-order chi connectivity index (χ0) is 12.7. The molecule has 1 aliphatic carbocycles. The molecule has 0 aromatic carbocycles. The Bertz CT molecular complexity index is 270. The molecule has 17 heavy (non-hydrogen) atoms. The molecule has 1 atom stereocenters. The number of hydrogen-bond acceptors (Lipinski definition) is 2. The van der Waals surface area contributed by atoms with E-state index in [2.05, 4.69) is 17.2 Å². The molecule has 98 valence electrons. The molecule has 1 aliphatic rings. The number of amides is 1. The van der Waals surface area contributed by atoms with Crippen molar-refractivity contribution in [2.24, 2.45) is 16.6 Å². The summed E-state index contributed by atoms with van der Waals surface area (Å²) < 4.78 is 0. The summed E-state index contributed by atoms with van der Waals surface area (Å²) in [5, 5.41) is 2.92. The summed E-state index contributed by atoms with van der Waals surface area (Å²) in [4.78, 5) is 15.8. The van der Waals surface area contributed by atoms with Gasteiger partial charge in [-0.25, -0.2) is 0 Å². The molecule has 0 spiro atoms. The van der Waals surface area contributed by atoms with Gasteiger partial charge in [-0.1, -0.05) is 19.8 Å². The summed E-state index contributed by atoms with van der Waals surface area (Å²) >= 11 is 0. The minimum absolute atomic E-state index is 0.0716. The highest BCUT2D eigenvalue weighted by molar-refractivity contribution is 5.83. The molecule has 0 bridgehead atoms. The van der Waals surface area contributed by atoms with Crippen LogP contribution in [0.15, 0.2) is 4.99 Å². The van der Waals surface area contributed by atoms with Crippen LogP contribution in [0.4, 0.5) is 0 Å². The molecule has 3 N–H and O–H groups in total. The molecule has 0 saturated heterocycles. The minimum atomic E-state index is 0.0716. The van der Waals surface area contributed by atoms with Gasteiger partial charge in [0.05, 0.1) is 5.84 Å². The summed E-state index contributed by atoms with van der Waals surface area (Å²) in [5.74, 6) is 1.29. The molecule has 1 saturated carbocycles. The summed E-state index contributed by atoms with van der Waals surface area (Å²) in [7, 11) is 0. The zero-order valence-electron chi connectivity index (χ0n) is 11.0. The molecular weight excluding hydrogens is 214 g/mol. The van der Waals surface area contributed by atoms with E-state index < -0.39 is 0 Å². The smallest absolute Gasteiger partial charge is 0.222 e. The number of rotatable bonds is 6. The minimum Gasteiger partial charge on any atom is -0.387 e. The molecule has 0 radical (unpaired) electrons. The Balaban J connectivity index is 2.21. The van der Waals surface area contributed by atoms with Gasteiger partial charge >= 0.3 is 0 Å². The fourth-order valence-electron chi connectivity index (χ4n) is 2.09. The van der Waals surface area contributed by atoms with Crippen molar-refractivity contribution >= 4 is 11.7 Å². The Morgan fingerprint density at radius 2 is 2.12 bits per heavy atom. The SMILES string of the molecule is CCC(C)NC(=O)CCN=C(N)C1CCCC1. The summed E-state index contributed by atoms with van der Waals surface area (Å²) in [6.07, 6.45) is 6.24. The summed E-state index contributed by atoms with van der Waals surface area (Å²) in [6, 6.07) is 0.249. The molecule has 0 heterocycles. The van der Waals surface area contributed by atoms with Crippen LogP contribution in [-0.4, -0.2) is 24.3 Å². The van der Waals surface area contributed by atoms with Gasteiger partial charge in [-0.2, -0.15) is 0 Å². The van der Waals surface area contributed by atoms with Gasteiger partial charge in [0.15, 0.2) is 0 Å². The number of nitrogens with two attached hydrogens (primary N) is 1. The van der Waals surface area contributed by atoms with Gasteiger partial charge in [-0.15, -0.1) is 0 Å². The number of carbonyl (C=O) groups excluding carboxylic acids is 1. The molecule has 1 amide bonds. The highest BCUT2D eigenvalue weighted by atomic mass is 16.1. The van der Waals surface area contributed by atoms with Crippen LogP contribution in [0.25, 0.3) is 0 Å². The number of carbonyl (C=O) groups is 1. The quantitative estimate of drug-likeness (QED) is 0.548. The molecule has 1 fully saturated rings. The second-order valence-electron chi connectivity index (χ2n) is 4.91.